The monoisotopic (exact) mass is 477 g/mol. The molecule has 9 nitrogen and oxygen atoms in total. The van der Waals surface area contributed by atoms with Crippen LogP contribution in [0.15, 0.2) is 41.3 Å². The molecule has 2 aromatic carbocycles. The van der Waals surface area contributed by atoms with Gasteiger partial charge in [-0.25, -0.2) is 12.8 Å². The van der Waals surface area contributed by atoms with Gasteiger partial charge >= 0.3 is 0 Å². The van der Waals surface area contributed by atoms with Crippen LogP contribution in [0.4, 0.5) is 10.1 Å². The molecule has 1 N–H and O–H groups in total. The second-order valence-electron chi connectivity index (χ2n) is 8.11. The summed E-state index contributed by atoms with van der Waals surface area (Å²) in [6.07, 6.45) is 1.68. The molecule has 1 aliphatic rings. The molecule has 0 saturated carbocycles. The highest BCUT2D eigenvalue weighted by atomic mass is 32.2. The number of nitrogens with one attached hydrogen (secondary N) is 1. The number of halogens is 1. The molecule has 1 saturated heterocycles. The van der Waals surface area contributed by atoms with Crippen molar-refractivity contribution < 1.29 is 27.3 Å². The van der Waals surface area contributed by atoms with Crippen molar-refractivity contribution in [2.75, 3.05) is 19.3 Å². The van der Waals surface area contributed by atoms with Crippen LogP contribution >= 0.6 is 0 Å². The third-order valence-electron chi connectivity index (χ3n) is 5.63. The summed E-state index contributed by atoms with van der Waals surface area (Å²) in [5.41, 5.74) is 0.595. The van der Waals surface area contributed by atoms with Gasteiger partial charge in [0.25, 0.3) is 11.6 Å². The van der Waals surface area contributed by atoms with Gasteiger partial charge in [0.2, 0.25) is 5.91 Å². The summed E-state index contributed by atoms with van der Waals surface area (Å²) in [4.78, 5) is 36.9. The first-order chi connectivity index (χ1) is 15.5. The van der Waals surface area contributed by atoms with Crippen LogP contribution in [-0.2, 0) is 21.2 Å². The number of non-ortho nitro benzene ring substituents is 1. The maximum Gasteiger partial charge on any atom is 0.271 e. The van der Waals surface area contributed by atoms with E-state index in [1.807, 2.05) is 0 Å². The van der Waals surface area contributed by atoms with E-state index >= 15 is 0 Å². The largest absolute Gasteiger partial charge is 0.352 e. The average molecular weight is 478 g/mol. The Morgan fingerprint density at radius 2 is 1.85 bits per heavy atom. The number of nitro groups is 1. The van der Waals surface area contributed by atoms with Gasteiger partial charge in [-0.1, -0.05) is 12.1 Å². The van der Waals surface area contributed by atoms with E-state index < -0.39 is 26.4 Å². The van der Waals surface area contributed by atoms with Crippen molar-refractivity contribution >= 4 is 27.3 Å². The number of hydrogen-bond donors (Lipinski definition) is 1. The Hall–Kier alpha value is -3.34. The van der Waals surface area contributed by atoms with E-state index in [0.29, 0.717) is 24.0 Å². The number of aryl methyl sites for hydroxylation is 1. The number of sulfone groups is 1. The van der Waals surface area contributed by atoms with Crippen molar-refractivity contribution in [2.45, 2.75) is 31.2 Å². The summed E-state index contributed by atoms with van der Waals surface area (Å²) >= 11 is 0. The summed E-state index contributed by atoms with van der Waals surface area (Å²) in [5.74, 6) is -1.40. The summed E-state index contributed by atoms with van der Waals surface area (Å²) in [7, 11) is -3.75. The minimum Gasteiger partial charge on any atom is -0.352 e. The summed E-state index contributed by atoms with van der Waals surface area (Å²) in [6.45, 7) is 2.33. The van der Waals surface area contributed by atoms with Gasteiger partial charge in [0, 0.05) is 49.5 Å². The fourth-order valence-electron chi connectivity index (χ4n) is 3.63. The van der Waals surface area contributed by atoms with Crippen LogP contribution in [0.25, 0.3) is 0 Å². The molecule has 2 aromatic rings. The molecule has 33 heavy (non-hydrogen) atoms. The molecule has 1 heterocycles. The van der Waals surface area contributed by atoms with E-state index in [1.165, 1.54) is 11.0 Å². The minimum atomic E-state index is -3.75. The number of piperidine rings is 1. The lowest BCUT2D eigenvalue weighted by Crippen LogP contribution is -2.43. The van der Waals surface area contributed by atoms with Gasteiger partial charge < -0.3 is 10.2 Å². The number of rotatable bonds is 6. The number of hydrogen-bond acceptors (Lipinski definition) is 6. The Labute approximate surface area is 190 Å². The molecule has 176 valence electrons. The van der Waals surface area contributed by atoms with Gasteiger partial charge in [0.05, 0.1) is 9.82 Å². The first-order valence-electron chi connectivity index (χ1n) is 10.3. The lowest BCUT2D eigenvalue weighted by atomic mass is 9.95. The van der Waals surface area contributed by atoms with Crippen molar-refractivity contribution in [3.05, 3.63) is 69.0 Å². The molecule has 0 aliphatic carbocycles. The molecule has 0 bridgehead atoms. The Balaban J connectivity index is 1.62. The van der Waals surface area contributed by atoms with Crippen LogP contribution in [0.5, 0.6) is 0 Å². The lowest BCUT2D eigenvalue weighted by molar-refractivity contribution is -0.385. The van der Waals surface area contributed by atoms with Crippen LogP contribution in [-0.4, -0.2) is 49.4 Å². The normalized spacial score (nSPS) is 14.7. The third kappa shape index (κ3) is 5.92. The number of nitrogens with zero attached hydrogens (tertiary/aromatic N) is 2. The van der Waals surface area contributed by atoms with E-state index in [1.54, 1.807) is 19.1 Å². The van der Waals surface area contributed by atoms with E-state index in [2.05, 4.69) is 5.32 Å². The number of benzene rings is 2. The first kappa shape index (κ1) is 24.3. The maximum absolute atomic E-state index is 13.7. The van der Waals surface area contributed by atoms with Gasteiger partial charge in [-0.15, -0.1) is 0 Å². The van der Waals surface area contributed by atoms with Crippen molar-refractivity contribution in [3.63, 3.8) is 0 Å². The van der Waals surface area contributed by atoms with Crippen molar-refractivity contribution in [1.29, 1.82) is 0 Å². The molecule has 0 unspecified atom stereocenters. The second kappa shape index (κ2) is 9.65. The number of likely N-dealkylation sites (tertiary alicyclic amines) is 1. The molecule has 0 atom stereocenters. The SMILES string of the molecule is Cc1ccc(CNC(=O)C2CCN(C(=O)c3cc([N+](=O)[O-])cc(S(C)(=O)=O)c3)CC2)cc1F. The zero-order valence-electron chi connectivity index (χ0n) is 18.2. The Morgan fingerprint density at radius 3 is 2.42 bits per heavy atom. The van der Waals surface area contributed by atoms with Crippen molar-refractivity contribution in [2.24, 2.45) is 5.92 Å². The second-order valence-corrected chi connectivity index (χ2v) is 10.1. The summed E-state index contributed by atoms with van der Waals surface area (Å²) in [5, 5.41) is 14.0. The number of carbonyl (C=O) groups excluding carboxylic acids is 2. The van der Waals surface area contributed by atoms with Crippen LogP contribution in [0, 0.1) is 28.8 Å². The predicted octanol–water partition coefficient (Wildman–Crippen LogP) is 2.61. The number of carbonyl (C=O) groups is 2. The van der Waals surface area contributed by atoms with E-state index in [-0.39, 0.29) is 47.7 Å². The Kier molecular flexibility index (Phi) is 7.11. The quantitative estimate of drug-likeness (QED) is 0.503. The lowest BCUT2D eigenvalue weighted by Gasteiger charge is -2.31. The highest BCUT2D eigenvalue weighted by molar-refractivity contribution is 7.90. The van der Waals surface area contributed by atoms with Gasteiger partial charge in [-0.2, -0.15) is 0 Å². The molecule has 0 radical (unpaired) electrons. The van der Waals surface area contributed by atoms with E-state index in [0.717, 1.165) is 24.5 Å². The molecule has 0 spiro atoms. The number of nitro benzene ring substituents is 1. The summed E-state index contributed by atoms with van der Waals surface area (Å²) < 4.78 is 37.4. The topological polar surface area (TPSA) is 127 Å². The van der Waals surface area contributed by atoms with E-state index in [4.69, 9.17) is 0 Å². The molecule has 11 heteroatoms. The van der Waals surface area contributed by atoms with Gasteiger partial charge in [-0.3, -0.25) is 19.7 Å². The third-order valence-corrected chi connectivity index (χ3v) is 6.73. The molecule has 1 aliphatic heterocycles. The molecule has 2 amide bonds. The van der Waals surface area contributed by atoms with Gasteiger partial charge in [0.1, 0.15) is 5.82 Å². The zero-order valence-corrected chi connectivity index (χ0v) is 19.0. The smallest absolute Gasteiger partial charge is 0.271 e. The average Bonchev–Trinajstić information content (AvgIpc) is 2.78. The highest BCUT2D eigenvalue weighted by Crippen LogP contribution is 2.24. The molecular weight excluding hydrogens is 453 g/mol. The van der Waals surface area contributed by atoms with Crippen LogP contribution in [0.1, 0.15) is 34.3 Å². The summed E-state index contributed by atoms with van der Waals surface area (Å²) in [6, 6.07) is 7.86. The van der Waals surface area contributed by atoms with Crippen LogP contribution in [0.2, 0.25) is 0 Å². The van der Waals surface area contributed by atoms with Crippen molar-refractivity contribution in [1.82, 2.24) is 10.2 Å². The van der Waals surface area contributed by atoms with Gasteiger partial charge in [0.15, 0.2) is 9.84 Å². The molecule has 1 fully saturated rings. The van der Waals surface area contributed by atoms with Crippen molar-refractivity contribution in [3.8, 4) is 0 Å². The van der Waals surface area contributed by atoms with Gasteiger partial charge in [-0.05, 0) is 43.0 Å². The zero-order chi connectivity index (χ0) is 24.3. The van der Waals surface area contributed by atoms with Crippen LogP contribution < -0.4 is 5.32 Å². The fraction of sp³-hybridized carbons (Fsp3) is 0.364. The molecular formula is C22H24FN3O6S. The first-order valence-corrected chi connectivity index (χ1v) is 12.2. The Morgan fingerprint density at radius 1 is 1.18 bits per heavy atom. The fourth-order valence-corrected chi connectivity index (χ4v) is 4.31. The predicted molar refractivity (Wildman–Crippen MR) is 118 cm³/mol. The maximum atomic E-state index is 13.7. The molecule has 0 aromatic heterocycles. The minimum absolute atomic E-state index is 0.0890. The van der Waals surface area contributed by atoms with E-state index in [9.17, 15) is 32.5 Å². The Bertz CT molecular complexity index is 1210. The van der Waals surface area contributed by atoms with Crippen LogP contribution in [0.3, 0.4) is 0 Å². The number of amides is 2. The molecule has 3 rings (SSSR count). The highest BCUT2D eigenvalue weighted by Gasteiger charge is 2.29. The standard InChI is InChI=1S/C22H24FN3O6S/c1-14-3-4-15(9-20(14)23)13-24-21(27)16-5-7-25(8-6-16)22(28)17-10-18(26(29)30)12-19(11-17)33(2,31)32/h3-4,9-12,16H,5-8,13H2,1-2H3,(H,24,27).